The van der Waals surface area contributed by atoms with Crippen LogP contribution in [0.3, 0.4) is 0 Å². The third kappa shape index (κ3) is 3.82. The van der Waals surface area contributed by atoms with E-state index in [2.05, 4.69) is 59.7 Å². The van der Waals surface area contributed by atoms with Crippen LogP contribution in [-0.4, -0.2) is 41.0 Å². The number of nitrogens with zero attached hydrogens (tertiary/aromatic N) is 2. The molecular weight excluding hydrogens is 446 g/mol. The second-order valence-corrected chi connectivity index (χ2v) is 11.7. The molecule has 5 heteroatoms. The summed E-state index contributed by atoms with van der Waals surface area (Å²) in [7, 11) is 3.75. The van der Waals surface area contributed by atoms with Crippen molar-refractivity contribution in [2.75, 3.05) is 14.1 Å². The molecule has 6 atom stereocenters. The van der Waals surface area contributed by atoms with Crippen LogP contribution in [0.2, 0.25) is 0 Å². The second-order valence-electron chi connectivity index (χ2n) is 11.7. The predicted octanol–water partition coefficient (Wildman–Crippen LogP) is 5.40. The number of aromatic nitrogens is 1. The van der Waals surface area contributed by atoms with Crippen LogP contribution in [-0.2, 0) is 0 Å². The molecule has 3 N–H and O–H groups in total. The van der Waals surface area contributed by atoms with Crippen molar-refractivity contribution < 1.29 is 10.2 Å². The van der Waals surface area contributed by atoms with Gasteiger partial charge in [0.05, 0.1) is 17.8 Å². The number of hydrogen-bond donors (Lipinski definition) is 3. The van der Waals surface area contributed by atoms with Gasteiger partial charge in [0.1, 0.15) is 5.41 Å². The van der Waals surface area contributed by atoms with Crippen molar-refractivity contribution in [3.8, 4) is 6.07 Å². The van der Waals surface area contributed by atoms with Crippen LogP contribution in [0.5, 0.6) is 0 Å². The molecule has 1 aromatic heterocycles. The lowest BCUT2D eigenvalue weighted by atomic mass is 9.49. The number of aliphatic hydroxyl groups excluding tert-OH is 1. The molecule has 1 heterocycles. The standard InChI is InChI=1S/C29H32N2O2.C2H7N/c1-27-11-12-28(18-30)16-23-15-24(32)5-4-19(23)8-10-29(28,33)26(27)7-6-25(27)21-2-3-22-17-31-13-9-20(22)14-21;1-3-2/h2-3,6,9,13-14,16-17,19,24,26,32-33H,4-5,7-8,10-12,15H2,1H3;3H,1-2H3/t19?,24?,26?,27?,28?,29-;/m0./s1. The molecular formula is C31H39N3O2. The van der Waals surface area contributed by atoms with Gasteiger partial charge in [0.15, 0.2) is 0 Å². The van der Waals surface area contributed by atoms with E-state index < -0.39 is 11.0 Å². The number of nitrogens with one attached hydrogen (secondary N) is 1. The molecule has 190 valence electrons. The maximum atomic E-state index is 12.4. The maximum Gasteiger partial charge on any atom is 0.105 e. The van der Waals surface area contributed by atoms with Crippen molar-refractivity contribution in [3.05, 3.63) is 59.9 Å². The Balaban J connectivity index is 0.000000848. The van der Waals surface area contributed by atoms with Crippen molar-refractivity contribution in [2.45, 2.75) is 70.0 Å². The largest absolute Gasteiger partial charge is 0.393 e. The topological polar surface area (TPSA) is 89.2 Å². The SMILES string of the molecule is CC12CCC3(C#N)C=C4CC(O)CCC4CC[C@]3(O)C1CC=C2c1ccc2cnccc2c1.CNC. The first kappa shape index (κ1) is 25.1. The van der Waals surface area contributed by atoms with Crippen molar-refractivity contribution in [3.63, 3.8) is 0 Å². The summed E-state index contributed by atoms with van der Waals surface area (Å²) in [6, 6.07) is 11.2. The maximum absolute atomic E-state index is 12.4. The Kier molecular flexibility index (Phi) is 6.57. The van der Waals surface area contributed by atoms with E-state index in [-0.39, 0.29) is 17.4 Å². The molecule has 2 saturated carbocycles. The number of allylic oxidation sites excluding steroid dienone is 2. The van der Waals surface area contributed by atoms with Crippen LogP contribution in [0.1, 0.15) is 63.9 Å². The minimum atomic E-state index is -1.05. The third-order valence-corrected chi connectivity index (χ3v) is 9.63. The normalized spacial score (nSPS) is 37.2. The lowest BCUT2D eigenvalue weighted by Gasteiger charge is -2.56. The third-order valence-electron chi connectivity index (χ3n) is 9.63. The van der Waals surface area contributed by atoms with E-state index in [0.29, 0.717) is 25.2 Å². The first-order valence-electron chi connectivity index (χ1n) is 13.5. The summed E-state index contributed by atoms with van der Waals surface area (Å²) in [6.07, 6.45) is 14.2. The number of fused-ring (bicyclic) bond motifs is 5. The zero-order valence-corrected chi connectivity index (χ0v) is 21.8. The molecule has 4 aliphatic rings. The molecule has 36 heavy (non-hydrogen) atoms. The highest BCUT2D eigenvalue weighted by Gasteiger charge is 2.65. The van der Waals surface area contributed by atoms with Crippen LogP contribution in [0, 0.1) is 34.0 Å². The van der Waals surface area contributed by atoms with Crippen LogP contribution in [0.15, 0.2) is 54.4 Å². The van der Waals surface area contributed by atoms with Crippen LogP contribution < -0.4 is 5.32 Å². The lowest BCUT2D eigenvalue weighted by Crippen LogP contribution is -2.59. The summed E-state index contributed by atoms with van der Waals surface area (Å²) in [4.78, 5) is 4.24. The summed E-state index contributed by atoms with van der Waals surface area (Å²) >= 11 is 0. The molecule has 0 aliphatic heterocycles. The molecule has 0 amide bonds. The van der Waals surface area contributed by atoms with Gasteiger partial charge in [-0.05, 0) is 105 Å². The number of hydrogen-bond acceptors (Lipinski definition) is 5. The Morgan fingerprint density at radius 1 is 1.08 bits per heavy atom. The van der Waals surface area contributed by atoms with Gasteiger partial charge in [0.2, 0.25) is 0 Å². The van der Waals surface area contributed by atoms with Crippen molar-refractivity contribution in [1.29, 1.82) is 5.26 Å². The van der Waals surface area contributed by atoms with Crippen molar-refractivity contribution in [1.82, 2.24) is 10.3 Å². The molecule has 1 aromatic carbocycles. The zero-order chi connectivity index (χ0) is 25.6. The van der Waals surface area contributed by atoms with E-state index >= 15 is 0 Å². The van der Waals surface area contributed by atoms with Crippen LogP contribution in [0.25, 0.3) is 16.3 Å². The molecule has 4 aliphatic carbocycles. The zero-order valence-electron chi connectivity index (χ0n) is 21.8. The Labute approximate surface area is 214 Å². The van der Waals surface area contributed by atoms with Gasteiger partial charge in [0.25, 0.3) is 0 Å². The fraction of sp³-hybridized carbons (Fsp3) is 0.548. The summed E-state index contributed by atoms with van der Waals surface area (Å²) in [5.74, 6) is 0.408. The van der Waals surface area contributed by atoms with E-state index in [4.69, 9.17) is 0 Å². The number of benzene rings is 1. The average Bonchev–Trinajstić information content (AvgIpc) is 3.17. The fourth-order valence-corrected chi connectivity index (χ4v) is 7.75. The van der Waals surface area contributed by atoms with Gasteiger partial charge < -0.3 is 15.5 Å². The highest BCUT2D eigenvalue weighted by atomic mass is 16.3. The second kappa shape index (κ2) is 9.41. The van der Waals surface area contributed by atoms with Gasteiger partial charge in [-0.3, -0.25) is 4.98 Å². The highest BCUT2D eigenvalue weighted by molar-refractivity contribution is 5.87. The quantitative estimate of drug-likeness (QED) is 0.471. The number of nitriles is 1. The lowest BCUT2D eigenvalue weighted by molar-refractivity contribution is -0.143. The monoisotopic (exact) mass is 485 g/mol. The summed E-state index contributed by atoms with van der Waals surface area (Å²) < 4.78 is 0. The molecule has 0 radical (unpaired) electrons. The Bertz CT molecular complexity index is 1250. The minimum absolute atomic E-state index is 0.0171. The van der Waals surface area contributed by atoms with E-state index in [1.807, 2.05) is 26.5 Å². The molecule has 5 unspecified atom stereocenters. The first-order chi connectivity index (χ1) is 17.3. The van der Waals surface area contributed by atoms with Gasteiger partial charge in [0, 0.05) is 23.7 Å². The smallest absolute Gasteiger partial charge is 0.105 e. The van der Waals surface area contributed by atoms with Gasteiger partial charge in [-0.25, -0.2) is 0 Å². The van der Waals surface area contributed by atoms with Gasteiger partial charge >= 0.3 is 0 Å². The summed E-state index contributed by atoms with van der Waals surface area (Å²) in [6.45, 7) is 2.31. The highest BCUT2D eigenvalue weighted by Crippen LogP contribution is 2.66. The molecule has 5 nitrogen and oxygen atoms in total. The minimum Gasteiger partial charge on any atom is -0.393 e. The summed E-state index contributed by atoms with van der Waals surface area (Å²) in [5, 5.41) is 38.3. The average molecular weight is 486 g/mol. The number of aliphatic hydroxyl groups is 2. The Hall–Kier alpha value is -2.52. The predicted molar refractivity (Wildman–Crippen MR) is 144 cm³/mol. The summed E-state index contributed by atoms with van der Waals surface area (Å²) in [5.41, 5.74) is 1.67. The molecule has 0 spiro atoms. The van der Waals surface area contributed by atoms with Crippen molar-refractivity contribution in [2.24, 2.45) is 22.7 Å². The van der Waals surface area contributed by atoms with Crippen LogP contribution in [0.4, 0.5) is 0 Å². The van der Waals surface area contributed by atoms with E-state index in [9.17, 15) is 15.5 Å². The van der Waals surface area contributed by atoms with E-state index in [0.717, 1.165) is 37.5 Å². The van der Waals surface area contributed by atoms with Gasteiger partial charge in [-0.15, -0.1) is 0 Å². The number of pyridine rings is 1. The van der Waals surface area contributed by atoms with Crippen LogP contribution >= 0.6 is 0 Å². The Morgan fingerprint density at radius 3 is 2.67 bits per heavy atom. The molecule has 6 rings (SSSR count). The fourth-order valence-electron chi connectivity index (χ4n) is 7.75. The number of rotatable bonds is 1. The van der Waals surface area contributed by atoms with Crippen molar-refractivity contribution >= 4 is 16.3 Å². The molecule has 2 fully saturated rings. The molecule has 0 bridgehead atoms. The van der Waals surface area contributed by atoms with E-state index in [1.54, 1.807) is 0 Å². The van der Waals surface area contributed by atoms with Gasteiger partial charge in [-0.2, -0.15) is 5.26 Å². The van der Waals surface area contributed by atoms with E-state index in [1.165, 1.54) is 22.1 Å². The molecule has 2 aromatic rings. The molecule has 0 saturated heterocycles. The first-order valence-corrected chi connectivity index (χ1v) is 13.5. The van der Waals surface area contributed by atoms with Gasteiger partial charge in [-0.1, -0.05) is 36.8 Å². The Morgan fingerprint density at radius 2 is 1.89 bits per heavy atom.